The number of nitrogens with two attached hydrogens (primary N) is 4. The lowest BCUT2D eigenvalue weighted by atomic mass is 10.0. The SMILES string of the molecule is NCCCC[C@H](NC(=O)[C@H](CCCN=C(N)N)NC(=O)c1ccc(-c2cccs2)s1)C(=O)N[C@@H](C(N)=O)c1ccc(OCc2ccccc2)cc1. The van der Waals surface area contributed by atoms with Crippen molar-refractivity contribution in [2.45, 2.75) is 56.8 Å². The maximum Gasteiger partial charge on any atom is 0.262 e. The maximum atomic E-state index is 13.8. The van der Waals surface area contributed by atoms with Gasteiger partial charge < -0.3 is 43.6 Å². The quantitative estimate of drug-likeness (QED) is 0.0404. The van der Waals surface area contributed by atoms with Gasteiger partial charge in [0.2, 0.25) is 17.7 Å². The summed E-state index contributed by atoms with van der Waals surface area (Å²) in [5, 5.41) is 10.3. The molecular formula is C36H44N8O5S2. The maximum absolute atomic E-state index is 13.8. The number of amides is 4. The van der Waals surface area contributed by atoms with Crippen LogP contribution in [0.1, 0.15) is 58.9 Å². The van der Waals surface area contributed by atoms with Gasteiger partial charge in [-0.3, -0.25) is 24.2 Å². The topological polar surface area (TPSA) is 230 Å². The number of carbonyl (C=O) groups is 4. The Hall–Kier alpha value is -5.25. The predicted octanol–water partition coefficient (Wildman–Crippen LogP) is 3.16. The molecule has 0 aliphatic rings. The van der Waals surface area contributed by atoms with Crippen molar-refractivity contribution in [2.75, 3.05) is 13.1 Å². The number of hydrogen-bond acceptors (Lipinski definition) is 9. The highest BCUT2D eigenvalue weighted by atomic mass is 32.1. The first-order valence-electron chi connectivity index (χ1n) is 16.5. The Morgan fingerprint density at radius 2 is 1.45 bits per heavy atom. The van der Waals surface area contributed by atoms with Crippen LogP contribution in [0.5, 0.6) is 5.75 Å². The van der Waals surface area contributed by atoms with Gasteiger partial charge in [-0.2, -0.15) is 0 Å². The summed E-state index contributed by atoms with van der Waals surface area (Å²) in [6, 6.07) is 20.6. The summed E-state index contributed by atoms with van der Waals surface area (Å²) in [4.78, 5) is 59.7. The average Bonchev–Trinajstić information content (AvgIpc) is 3.84. The third-order valence-electron chi connectivity index (χ3n) is 7.77. The Morgan fingerprint density at radius 3 is 2.12 bits per heavy atom. The normalized spacial score (nSPS) is 12.6. The van der Waals surface area contributed by atoms with Crippen LogP contribution in [0.2, 0.25) is 0 Å². The zero-order valence-electron chi connectivity index (χ0n) is 28.1. The minimum absolute atomic E-state index is 0.0882. The zero-order valence-corrected chi connectivity index (χ0v) is 29.7. The molecule has 0 fully saturated rings. The van der Waals surface area contributed by atoms with Crippen LogP contribution in [-0.2, 0) is 21.0 Å². The Bertz CT molecular complexity index is 1740. The molecule has 0 aliphatic carbocycles. The standard InChI is InChI=1S/C36H44N8O5S2/c37-19-5-4-10-26(34(47)44-31(32(38)45)24-13-15-25(16-14-24)49-22-23-8-2-1-3-9-23)42-33(46)27(11-6-20-41-36(39)40)43-35(48)30-18-17-29(51-30)28-12-7-21-50-28/h1-3,7-9,12-18,21,26-27,31H,4-6,10-11,19-20,22,37H2,(H2,38,45)(H,42,46)(H,43,48)(H,44,47)(H4,39,40,41)/t26-,27-,31+/m0/s1. The smallest absolute Gasteiger partial charge is 0.262 e. The lowest BCUT2D eigenvalue weighted by Crippen LogP contribution is -2.54. The monoisotopic (exact) mass is 732 g/mol. The lowest BCUT2D eigenvalue weighted by Gasteiger charge is -2.25. The van der Waals surface area contributed by atoms with Crippen LogP contribution in [0.15, 0.2) is 89.2 Å². The zero-order chi connectivity index (χ0) is 36.6. The molecule has 0 bridgehead atoms. The number of unbranched alkanes of at least 4 members (excludes halogenated alkanes) is 1. The van der Waals surface area contributed by atoms with E-state index in [2.05, 4.69) is 20.9 Å². The number of benzene rings is 2. The second-order valence-corrected chi connectivity index (χ2v) is 13.7. The minimum atomic E-state index is -1.18. The van der Waals surface area contributed by atoms with Gasteiger partial charge in [0.05, 0.1) is 4.88 Å². The molecule has 0 radical (unpaired) electrons. The molecule has 4 aromatic rings. The third-order valence-corrected chi connectivity index (χ3v) is 9.92. The number of thiophene rings is 2. The fraction of sp³-hybridized carbons (Fsp3) is 0.306. The molecule has 0 saturated carbocycles. The summed E-state index contributed by atoms with van der Waals surface area (Å²) in [5.74, 6) is -1.92. The number of carbonyl (C=O) groups excluding carboxylic acids is 4. The van der Waals surface area contributed by atoms with E-state index in [9.17, 15) is 19.2 Å². The van der Waals surface area contributed by atoms with E-state index in [-0.39, 0.29) is 25.3 Å². The van der Waals surface area contributed by atoms with Gasteiger partial charge >= 0.3 is 0 Å². The van der Waals surface area contributed by atoms with Gasteiger partial charge in [-0.05, 0) is 85.5 Å². The molecule has 4 amide bonds. The Morgan fingerprint density at radius 1 is 0.745 bits per heavy atom. The molecule has 0 saturated heterocycles. The number of nitrogens with one attached hydrogen (secondary N) is 3. The number of nitrogens with zero attached hydrogens (tertiary/aromatic N) is 1. The Kier molecular flexibility index (Phi) is 15.0. The van der Waals surface area contributed by atoms with Crippen molar-refractivity contribution >= 4 is 52.3 Å². The van der Waals surface area contributed by atoms with Crippen LogP contribution in [0.4, 0.5) is 0 Å². The van der Waals surface area contributed by atoms with Crippen LogP contribution in [0, 0.1) is 0 Å². The van der Waals surface area contributed by atoms with Crippen molar-refractivity contribution in [2.24, 2.45) is 27.9 Å². The van der Waals surface area contributed by atoms with Crippen LogP contribution >= 0.6 is 22.7 Å². The van der Waals surface area contributed by atoms with Gasteiger partial charge in [0.25, 0.3) is 5.91 Å². The molecule has 11 N–H and O–H groups in total. The van der Waals surface area contributed by atoms with Crippen LogP contribution in [-0.4, -0.2) is 54.8 Å². The van der Waals surface area contributed by atoms with Crippen LogP contribution in [0.25, 0.3) is 9.75 Å². The van der Waals surface area contributed by atoms with E-state index >= 15 is 0 Å². The average molecular weight is 733 g/mol. The second-order valence-electron chi connectivity index (χ2n) is 11.6. The Labute approximate surface area is 304 Å². The van der Waals surface area contributed by atoms with E-state index in [1.165, 1.54) is 11.3 Å². The van der Waals surface area contributed by atoms with Crippen molar-refractivity contribution in [1.29, 1.82) is 0 Å². The van der Waals surface area contributed by atoms with Gasteiger partial charge in [0.1, 0.15) is 30.5 Å². The van der Waals surface area contributed by atoms with Gasteiger partial charge in [-0.15, -0.1) is 22.7 Å². The molecule has 0 unspecified atom stereocenters. The van der Waals surface area contributed by atoms with Crippen molar-refractivity contribution in [3.63, 3.8) is 0 Å². The molecule has 3 atom stereocenters. The molecular weight excluding hydrogens is 689 g/mol. The summed E-state index contributed by atoms with van der Waals surface area (Å²) < 4.78 is 5.84. The van der Waals surface area contributed by atoms with Crippen molar-refractivity contribution < 1.29 is 23.9 Å². The molecule has 4 rings (SSSR count). The Balaban J connectivity index is 1.46. The second kappa shape index (κ2) is 19.8. The van der Waals surface area contributed by atoms with Gasteiger partial charge in [0, 0.05) is 16.3 Å². The van der Waals surface area contributed by atoms with E-state index in [1.807, 2.05) is 53.9 Å². The van der Waals surface area contributed by atoms with Crippen molar-refractivity contribution in [1.82, 2.24) is 16.0 Å². The highest BCUT2D eigenvalue weighted by Crippen LogP contribution is 2.31. The van der Waals surface area contributed by atoms with E-state index in [1.54, 1.807) is 41.7 Å². The van der Waals surface area contributed by atoms with Crippen LogP contribution in [0.3, 0.4) is 0 Å². The number of hydrogen-bond donors (Lipinski definition) is 7. The molecule has 2 aromatic carbocycles. The summed E-state index contributed by atoms with van der Waals surface area (Å²) in [6.07, 6.45) is 1.92. The molecule has 13 nitrogen and oxygen atoms in total. The van der Waals surface area contributed by atoms with Gasteiger partial charge in [-0.25, -0.2) is 0 Å². The summed E-state index contributed by atoms with van der Waals surface area (Å²) in [5.41, 5.74) is 23.8. The van der Waals surface area contributed by atoms with E-state index < -0.39 is 41.8 Å². The number of guanidine groups is 1. The lowest BCUT2D eigenvalue weighted by molar-refractivity contribution is -0.132. The summed E-state index contributed by atoms with van der Waals surface area (Å²) in [6.45, 7) is 0.989. The minimum Gasteiger partial charge on any atom is -0.489 e. The predicted molar refractivity (Wildman–Crippen MR) is 201 cm³/mol. The molecule has 51 heavy (non-hydrogen) atoms. The molecule has 0 spiro atoms. The summed E-state index contributed by atoms with van der Waals surface area (Å²) in [7, 11) is 0. The van der Waals surface area contributed by atoms with Crippen molar-refractivity contribution in [3.8, 4) is 15.5 Å². The first-order valence-corrected chi connectivity index (χ1v) is 18.2. The number of rotatable bonds is 20. The van der Waals surface area contributed by atoms with E-state index in [0.717, 1.165) is 15.3 Å². The van der Waals surface area contributed by atoms with Gasteiger partial charge in [0.15, 0.2) is 5.96 Å². The van der Waals surface area contributed by atoms with E-state index in [4.69, 9.17) is 27.7 Å². The first-order chi connectivity index (χ1) is 24.6. The molecule has 2 aromatic heterocycles. The molecule has 2 heterocycles. The largest absolute Gasteiger partial charge is 0.489 e. The summed E-state index contributed by atoms with van der Waals surface area (Å²) >= 11 is 2.87. The highest BCUT2D eigenvalue weighted by molar-refractivity contribution is 7.22. The third kappa shape index (κ3) is 12.2. The van der Waals surface area contributed by atoms with E-state index in [0.29, 0.717) is 48.6 Å². The highest BCUT2D eigenvalue weighted by Gasteiger charge is 2.30. The molecule has 15 heteroatoms. The molecule has 270 valence electrons. The number of primary amides is 1. The number of aliphatic imine (C=N–C) groups is 1. The van der Waals surface area contributed by atoms with Crippen LogP contribution < -0.4 is 43.6 Å². The van der Waals surface area contributed by atoms with Crippen molar-refractivity contribution in [3.05, 3.63) is 100 Å². The fourth-order valence-electron chi connectivity index (χ4n) is 5.11. The first kappa shape index (κ1) is 38.6. The molecule has 0 aliphatic heterocycles. The number of ether oxygens (including phenoxy) is 1. The fourth-order valence-corrected chi connectivity index (χ4v) is 6.85. The van der Waals surface area contributed by atoms with Gasteiger partial charge in [-0.1, -0.05) is 48.5 Å².